The van der Waals surface area contributed by atoms with Crippen LogP contribution in [0.4, 0.5) is 0 Å². The summed E-state index contributed by atoms with van der Waals surface area (Å²) in [5.41, 5.74) is 4.23. The standard InChI is InChI=1S/C11H13N/c1-5-8(2)11-6-9(3)10(4)7-12-11/h5-7H,1-2H2,3-4H3. The van der Waals surface area contributed by atoms with Gasteiger partial charge in [-0.25, -0.2) is 0 Å². The summed E-state index contributed by atoms with van der Waals surface area (Å²) >= 11 is 0. The molecule has 0 radical (unpaired) electrons. The molecule has 1 rings (SSSR count). The maximum absolute atomic E-state index is 4.24. The fourth-order valence-corrected chi connectivity index (χ4v) is 0.905. The Morgan fingerprint density at radius 3 is 2.58 bits per heavy atom. The Morgan fingerprint density at radius 1 is 1.42 bits per heavy atom. The lowest BCUT2D eigenvalue weighted by Crippen LogP contribution is -1.89. The smallest absolute Gasteiger partial charge is 0.0698 e. The van der Waals surface area contributed by atoms with Crippen LogP contribution in [0.3, 0.4) is 0 Å². The number of hydrogen-bond donors (Lipinski definition) is 0. The van der Waals surface area contributed by atoms with Gasteiger partial charge in [0.15, 0.2) is 0 Å². The zero-order chi connectivity index (χ0) is 9.14. The molecule has 12 heavy (non-hydrogen) atoms. The third-order valence-corrected chi connectivity index (χ3v) is 1.95. The Bertz CT molecular complexity index is 324. The third-order valence-electron chi connectivity index (χ3n) is 1.95. The quantitative estimate of drug-likeness (QED) is 0.604. The van der Waals surface area contributed by atoms with E-state index in [4.69, 9.17) is 0 Å². The molecule has 0 aliphatic carbocycles. The second-order valence-electron chi connectivity index (χ2n) is 2.88. The number of aromatic nitrogens is 1. The highest BCUT2D eigenvalue weighted by Gasteiger charge is 1.98. The molecule has 1 heteroatoms. The van der Waals surface area contributed by atoms with E-state index in [1.165, 1.54) is 11.1 Å². The summed E-state index contributed by atoms with van der Waals surface area (Å²) in [6, 6.07) is 2.03. The normalized spacial score (nSPS) is 9.50. The molecule has 0 unspecified atom stereocenters. The minimum absolute atomic E-state index is 0.873. The van der Waals surface area contributed by atoms with Crippen LogP contribution >= 0.6 is 0 Å². The molecule has 62 valence electrons. The van der Waals surface area contributed by atoms with Crippen molar-refractivity contribution in [2.45, 2.75) is 13.8 Å². The first kappa shape index (κ1) is 8.72. The topological polar surface area (TPSA) is 12.9 Å². The van der Waals surface area contributed by atoms with Crippen molar-refractivity contribution in [2.75, 3.05) is 0 Å². The lowest BCUT2D eigenvalue weighted by atomic mass is 10.1. The number of allylic oxidation sites excluding steroid dienone is 2. The van der Waals surface area contributed by atoms with Gasteiger partial charge in [-0.15, -0.1) is 0 Å². The monoisotopic (exact) mass is 159 g/mol. The van der Waals surface area contributed by atoms with Crippen molar-refractivity contribution < 1.29 is 0 Å². The molecule has 1 aromatic heterocycles. The summed E-state index contributed by atoms with van der Waals surface area (Å²) < 4.78 is 0. The molecule has 0 saturated heterocycles. The van der Waals surface area contributed by atoms with Crippen molar-refractivity contribution in [1.82, 2.24) is 4.98 Å². The third kappa shape index (κ3) is 1.62. The molecule has 0 aromatic carbocycles. The minimum Gasteiger partial charge on any atom is -0.256 e. The zero-order valence-corrected chi connectivity index (χ0v) is 7.59. The first-order valence-electron chi connectivity index (χ1n) is 3.90. The fraction of sp³-hybridized carbons (Fsp3) is 0.182. The predicted molar refractivity (Wildman–Crippen MR) is 52.9 cm³/mol. The van der Waals surface area contributed by atoms with Gasteiger partial charge in [-0.2, -0.15) is 0 Å². The van der Waals surface area contributed by atoms with Crippen LogP contribution in [0.15, 0.2) is 31.5 Å². The van der Waals surface area contributed by atoms with Crippen molar-refractivity contribution in [3.05, 3.63) is 48.3 Å². The van der Waals surface area contributed by atoms with Crippen LogP contribution in [-0.2, 0) is 0 Å². The summed E-state index contributed by atoms with van der Waals surface area (Å²) in [6.07, 6.45) is 3.58. The Balaban J connectivity index is 3.13. The molecule has 0 spiro atoms. The molecule has 0 saturated carbocycles. The Labute approximate surface area is 73.5 Å². The van der Waals surface area contributed by atoms with Gasteiger partial charge in [0.1, 0.15) is 0 Å². The highest BCUT2D eigenvalue weighted by atomic mass is 14.7. The van der Waals surface area contributed by atoms with E-state index in [0.29, 0.717) is 0 Å². The van der Waals surface area contributed by atoms with Gasteiger partial charge in [0.05, 0.1) is 5.69 Å². The number of pyridine rings is 1. The average Bonchev–Trinajstić information content (AvgIpc) is 2.08. The molecule has 1 aromatic rings. The van der Waals surface area contributed by atoms with Gasteiger partial charge in [-0.1, -0.05) is 19.2 Å². The highest BCUT2D eigenvalue weighted by Crippen LogP contribution is 2.13. The van der Waals surface area contributed by atoms with Crippen LogP contribution in [-0.4, -0.2) is 4.98 Å². The van der Waals surface area contributed by atoms with E-state index in [2.05, 4.69) is 25.1 Å². The van der Waals surface area contributed by atoms with Crippen molar-refractivity contribution in [2.24, 2.45) is 0 Å². The molecule has 0 aliphatic heterocycles. The average molecular weight is 159 g/mol. The molecule has 0 aliphatic rings. The molecular weight excluding hydrogens is 146 g/mol. The number of hydrogen-bond acceptors (Lipinski definition) is 1. The zero-order valence-electron chi connectivity index (χ0n) is 7.59. The van der Waals surface area contributed by atoms with Crippen LogP contribution in [0.1, 0.15) is 16.8 Å². The summed E-state index contributed by atoms with van der Waals surface area (Å²) in [6.45, 7) is 11.6. The predicted octanol–water partition coefficient (Wildman–Crippen LogP) is 2.90. The van der Waals surface area contributed by atoms with Crippen LogP contribution in [0.2, 0.25) is 0 Å². The van der Waals surface area contributed by atoms with Crippen LogP contribution < -0.4 is 0 Å². The first-order valence-corrected chi connectivity index (χ1v) is 3.90. The van der Waals surface area contributed by atoms with Crippen molar-refractivity contribution in [3.63, 3.8) is 0 Å². The molecule has 1 heterocycles. The number of rotatable bonds is 2. The summed E-state index contributed by atoms with van der Waals surface area (Å²) in [5.74, 6) is 0. The van der Waals surface area contributed by atoms with Gasteiger partial charge in [-0.3, -0.25) is 4.98 Å². The maximum Gasteiger partial charge on any atom is 0.0698 e. The Kier molecular flexibility index (Phi) is 2.44. The lowest BCUT2D eigenvalue weighted by molar-refractivity contribution is 1.19. The second kappa shape index (κ2) is 3.35. The Morgan fingerprint density at radius 2 is 2.08 bits per heavy atom. The van der Waals surface area contributed by atoms with E-state index in [1.807, 2.05) is 19.2 Å². The van der Waals surface area contributed by atoms with Crippen LogP contribution in [0, 0.1) is 13.8 Å². The SMILES string of the molecule is C=CC(=C)c1cc(C)c(C)cn1. The summed E-state index contributed by atoms with van der Waals surface area (Å²) in [7, 11) is 0. The van der Waals surface area contributed by atoms with Gasteiger partial charge in [0, 0.05) is 6.20 Å². The Hall–Kier alpha value is -1.37. The molecular formula is C11H13N. The molecule has 1 nitrogen and oxygen atoms in total. The maximum atomic E-state index is 4.24. The van der Waals surface area contributed by atoms with Crippen LogP contribution in [0.25, 0.3) is 5.57 Å². The number of aryl methyl sites for hydroxylation is 2. The summed E-state index contributed by atoms with van der Waals surface area (Å²) in [5, 5.41) is 0. The van der Waals surface area contributed by atoms with E-state index < -0.39 is 0 Å². The van der Waals surface area contributed by atoms with Gasteiger partial charge >= 0.3 is 0 Å². The van der Waals surface area contributed by atoms with Crippen LogP contribution in [0.5, 0.6) is 0 Å². The minimum atomic E-state index is 0.873. The molecule has 0 N–H and O–H groups in total. The lowest BCUT2D eigenvalue weighted by Gasteiger charge is -2.02. The van der Waals surface area contributed by atoms with E-state index in [-0.39, 0.29) is 0 Å². The largest absolute Gasteiger partial charge is 0.256 e. The van der Waals surface area contributed by atoms with Gasteiger partial charge in [0.2, 0.25) is 0 Å². The van der Waals surface area contributed by atoms with Crippen molar-refractivity contribution >= 4 is 5.57 Å². The fourth-order valence-electron chi connectivity index (χ4n) is 0.905. The number of nitrogens with zero attached hydrogens (tertiary/aromatic N) is 1. The first-order chi connectivity index (χ1) is 5.65. The van der Waals surface area contributed by atoms with Gasteiger partial charge < -0.3 is 0 Å². The summed E-state index contributed by atoms with van der Waals surface area (Å²) in [4.78, 5) is 4.24. The van der Waals surface area contributed by atoms with E-state index in [9.17, 15) is 0 Å². The van der Waals surface area contributed by atoms with Crippen molar-refractivity contribution in [1.29, 1.82) is 0 Å². The molecule has 0 fully saturated rings. The van der Waals surface area contributed by atoms with E-state index in [0.717, 1.165) is 11.3 Å². The van der Waals surface area contributed by atoms with Crippen molar-refractivity contribution in [3.8, 4) is 0 Å². The molecule has 0 atom stereocenters. The second-order valence-corrected chi connectivity index (χ2v) is 2.88. The molecule has 0 amide bonds. The van der Waals surface area contributed by atoms with E-state index >= 15 is 0 Å². The molecule has 0 bridgehead atoms. The van der Waals surface area contributed by atoms with E-state index in [1.54, 1.807) is 6.08 Å². The highest BCUT2D eigenvalue weighted by molar-refractivity contribution is 5.69. The van der Waals surface area contributed by atoms with Gasteiger partial charge in [-0.05, 0) is 36.6 Å². The van der Waals surface area contributed by atoms with Gasteiger partial charge in [0.25, 0.3) is 0 Å².